The van der Waals surface area contributed by atoms with Gasteiger partial charge in [0.1, 0.15) is 12.0 Å². The Balaban J connectivity index is 1.76. The molecule has 4 nitrogen and oxygen atoms in total. The standard InChI is InChI=1S/C19H17ClN2O2/c20-16-8-4-7-15(11-16)18(14-5-2-1-3-6-14)12-19(23)21-13-17-9-10-24-22-17/h1-11,18H,12-13H2,(H,21,23)/t18-/m0/s1. The topological polar surface area (TPSA) is 55.1 Å². The Morgan fingerprint density at radius 1 is 1.08 bits per heavy atom. The second-order valence-electron chi connectivity index (χ2n) is 5.49. The lowest BCUT2D eigenvalue weighted by Gasteiger charge is -2.18. The van der Waals surface area contributed by atoms with Crippen molar-refractivity contribution in [2.45, 2.75) is 18.9 Å². The molecule has 0 spiro atoms. The number of nitrogens with zero attached hydrogens (tertiary/aromatic N) is 1. The van der Waals surface area contributed by atoms with E-state index in [4.69, 9.17) is 16.1 Å². The number of amides is 1. The maximum absolute atomic E-state index is 12.4. The monoisotopic (exact) mass is 340 g/mol. The Morgan fingerprint density at radius 3 is 2.58 bits per heavy atom. The Morgan fingerprint density at radius 2 is 1.88 bits per heavy atom. The van der Waals surface area contributed by atoms with Gasteiger partial charge in [-0.2, -0.15) is 0 Å². The van der Waals surface area contributed by atoms with Crippen LogP contribution in [0, 0.1) is 0 Å². The van der Waals surface area contributed by atoms with E-state index in [-0.39, 0.29) is 11.8 Å². The van der Waals surface area contributed by atoms with Crippen LogP contribution in [-0.2, 0) is 11.3 Å². The second kappa shape index (κ2) is 7.79. The average molecular weight is 341 g/mol. The minimum Gasteiger partial charge on any atom is -0.364 e. The second-order valence-corrected chi connectivity index (χ2v) is 5.93. The van der Waals surface area contributed by atoms with Gasteiger partial charge < -0.3 is 9.84 Å². The van der Waals surface area contributed by atoms with E-state index in [1.165, 1.54) is 6.26 Å². The van der Waals surface area contributed by atoms with Crippen LogP contribution in [0.2, 0.25) is 5.02 Å². The summed E-state index contributed by atoms with van der Waals surface area (Å²) in [6.07, 6.45) is 1.82. The molecular weight excluding hydrogens is 324 g/mol. The molecule has 5 heteroatoms. The fraction of sp³-hybridized carbons (Fsp3) is 0.158. The zero-order valence-corrected chi connectivity index (χ0v) is 13.7. The van der Waals surface area contributed by atoms with Gasteiger partial charge in [-0.25, -0.2) is 0 Å². The van der Waals surface area contributed by atoms with Crippen LogP contribution < -0.4 is 5.32 Å². The van der Waals surface area contributed by atoms with E-state index in [0.717, 1.165) is 11.1 Å². The molecule has 1 amide bonds. The summed E-state index contributed by atoms with van der Waals surface area (Å²) in [6, 6.07) is 19.3. The summed E-state index contributed by atoms with van der Waals surface area (Å²) in [7, 11) is 0. The highest BCUT2D eigenvalue weighted by Crippen LogP contribution is 2.29. The van der Waals surface area contributed by atoms with Crippen LogP contribution >= 0.6 is 11.6 Å². The van der Waals surface area contributed by atoms with Crippen LogP contribution in [0.3, 0.4) is 0 Å². The first kappa shape index (κ1) is 16.3. The lowest BCUT2D eigenvalue weighted by Crippen LogP contribution is -2.25. The van der Waals surface area contributed by atoms with Crippen molar-refractivity contribution < 1.29 is 9.32 Å². The van der Waals surface area contributed by atoms with Crippen molar-refractivity contribution in [1.29, 1.82) is 0 Å². The number of carbonyl (C=O) groups excluding carboxylic acids is 1. The van der Waals surface area contributed by atoms with E-state index in [9.17, 15) is 4.79 Å². The predicted molar refractivity (Wildman–Crippen MR) is 92.7 cm³/mol. The number of nitrogens with one attached hydrogen (secondary N) is 1. The molecule has 3 aromatic rings. The molecule has 0 bridgehead atoms. The highest BCUT2D eigenvalue weighted by atomic mass is 35.5. The fourth-order valence-corrected chi connectivity index (χ4v) is 2.81. The normalized spacial score (nSPS) is 11.9. The number of benzene rings is 2. The maximum Gasteiger partial charge on any atom is 0.221 e. The summed E-state index contributed by atoms with van der Waals surface area (Å²) in [5.74, 6) is -0.103. The van der Waals surface area contributed by atoms with Gasteiger partial charge in [0.15, 0.2) is 0 Å². The Labute approximate surface area is 145 Å². The Bertz CT molecular complexity index is 788. The number of hydrogen-bond donors (Lipinski definition) is 1. The molecule has 1 N–H and O–H groups in total. The third-order valence-electron chi connectivity index (χ3n) is 3.80. The van der Waals surface area contributed by atoms with Gasteiger partial charge in [0, 0.05) is 23.4 Å². The summed E-state index contributed by atoms with van der Waals surface area (Å²) >= 11 is 6.12. The van der Waals surface area contributed by atoms with Crippen LogP contribution in [0.1, 0.15) is 29.2 Å². The van der Waals surface area contributed by atoms with Crippen molar-refractivity contribution in [2.75, 3.05) is 0 Å². The Hall–Kier alpha value is -2.59. The summed E-state index contributed by atoms with van der Waals surface area (Å²) in [5.41, 5.74) is 2.80. The van der Waals surface area contributed by atoms with Gasteiger partial charge in [-0.1, -0.05) is 59.2 Å². The van der Waals surface area contributed by atoms with Crippen molar-refractivity contribution >= 4 is 17.5 Å². The molecular formula is C19H17ClN2O2. The van der Waals surface area contributed by atoms with Gasteiger partial charge in [-0.05, 0) is 23.3 Å². The quantitative estimate of drug-likeness (QED) is 0.732. The minimum atomic E-state index is -0.0535. The lowest BCUT2D eigenvalue weighted by molar-refractivity contribution is -0.121. The molecule has 24 heavy (non-hydrogen) atoms. The third kappa shape index (κ3) is 4.24. The van der Waals surface area contributed by atoms with Gasteiger partial charge in [0.2, 0.25) is 5.91 Å². The smallest absolute Gasteiger partial charge is 0.221 e. The largest absolute Gasteiger partial charge is 0.364 e. The molecule has 0 fully saturated rings. The maximum atomic E-state index is 12.4. The fourth-order valence-electron chi connectivity index (χ4n) is 2.61. The van der Waals surface area contributed by atoms with Crippen molar-refractivity contribution in [1.82, 2.24) is 10.5 Å². The van der Waals surface area contributed by atoms with Gasteiger partial charge >= 0.3 is 0 Å². The molecule has 1 heterocycles. The molecule has 3 rings (SSSR count). The molecule has 1 aromatic heterocycles. The molecule has 0 radical (unpaired) electrons. The third-order valence-corrected chi connectivity index (χ3v) is 4.04. The van der Waals surface area contributed by atoms with Crippen molar-refractivity contribution in [3.05, 3.63) is 88.8 Å². The van der Waals surface area contributed by atoms with Crippen molar-refractivity contribution in [2.24, 2.45) is 0 Å². The van der Waals surface area contributed by atoms with E-state index in [1.807, 2.05) is 54.6 Å². The first-order valence-electron chi connectivity index (χ1n) is 7.69. The number of rotatable bonds is 6. The average Bonchev–Trinajstić information content (AvgIpc) is 3.12. The van der Waals surface area contributed by atoms with Gasteiger partial charge in [-0.3, -0.25) is 4.79 Å². The van der Waals surface area contributed by atoms with Crippen LogP contribution in [0.25, 0.3) is 0 Å². The molecule has 2 aromatic carbocycles. The van der Waals surface area contributed by atoms with E-state index in [1.54, 1.807) is 6.07 Å². The van der Waals surface area contributed by atoms with Crippen LogP contribution in [0.4, 0.5) is 0 Å². The first-order chi connectivity index (χ1) is 11.7. The number of halogens is 1. The minimum absolute atomic E-state index is 0.0492. The lowest BCUT2D eigenvalue weighted by atomic mass is 9.88. The van der Waals surface area contributed by atoms with Crippen molar-refractivity contribution in [3.63, 3.8) is 0 Å². The summed E-state index contributed by atoms with van der Waals surface area (Å²) in [6.45, 7) is 0.354. The number of aromatic nitrogens is 1. The van der Waals surface area contributed by atoms with E-state index >= 15 is 0 Å². The molecule has 0 saturated carbocycles. The molecule has 0 aliphatic heterocycles. The predicted octanol–water partition coefficient (Wildman–Crippen LogP) is 4.17. The van der Waals surface area contributed by atoms with Crippen LogP contribution in [0.5, 0.6) is 0 Å². The first-order valence-corrected chi connectivity index (χ1v) is 8.06. The summed E-state index contributed by atoms with van der Waals surface area (Å²) < 4.78 is 4.76. The number of carbonyl (C=O) groups is 1. The van der Waals surface area contributed by atoms with Gasteiger partial charge in [0.25, 0.3) is 0 Å². The van der Waals surface area contributed by atoms with Gasteiger partial charge in [-0.15, -0.1) is 0 Å². The SMILES string of the molecule is O=C(C[C@@H](c1ccccc1)c1cccc(Cl)c1)NCc1ccon1. The molecule has 0 aliphatic carbocycles. The van der Waals surface area contributed by atoms with Gasteiger partial charge in [0.05, 0.1) is 6.54 Å². The zero-order valence-electron chi connectivity index (χ0n) is 13.0. The summed E-state index contributed by atoms with van der Waals surface area (Å²) in [4.78, 5) is 12.4. The van der Waals surface area contributed by atoms with E-state index in [0.29, 0.717) is 23.7 Å². The summed E-state index contributed by atoms with van der Waals surface area (Å²) in [5, 5.41) is 7.33. The molecule has 0 saturated heterocycles. The highest BCUT2D eigenvalue weighted by molar-refractivity contribution is 6.30. The van der Waals surface area contributed by atoms with Crippen LogP contribution in [0.15, 0.2) is 71.4 Å². The number of hydrogen-bond acceptors (Lipinski definition) is 3. The molecule has 0 unspecified atom stereocenters. The van der Waals surface area contributed by atoms with Crippen LogP contribution in [-0.4, -0.2) is 11.1 Å². The van der Waals surface area contributed by atoms with Crippen molar-refractivity contribution in [3.8, 4) is 0 Å². The highest BCUT2D eigenvalue weighted by Gasteiger charge is 2.18. The Kier molecular flexibility index (Phi) is 5.29. The molecule has 1 atom stereocenters. The molecule has 0 aliphatic rings. The van der Waals surface area contributed by atoms with E-state index < -0.39 is 0 Å². The zero-order chi connectivity index (χ0) is 16.8. The van der Waals surface area contributed by atoms with E-state index in [2.05, 4.69) is 10.5 Å². The molecule has 122 valence electrons.